The van der Waals surface area contributed by atoms with Crippen LogP contribution < -0.4 is 10.1 Å². The maximum atomic E-state index is 12.7. The minimum Gasteiger partial charge on any atom is -0.492 e. The number of sulfonamides is 1. The summed E-state index contributed by atoms with van der Waals surface area (Å²) >= 11 is 12.0. The Bertz CT molecular complexity index is 962. The van der Waals surface area contributed by atoms with Gasteiger partial charge in [0, 0.05) is 29.1 Å². The molecule has 1 aliphatic heterocycles. The number of hydrogen-bond donors (Lipinski definition) is 1. The fourth-order valence-corrected chi connectivity index (χ4v) is 5.48. The van der Waals surface area contributed by atoms with E-state index in [2.05, 4.69) is 5.32 Å². The van der Waals surface area contributed by atoms with Gasteiger partial charge in [-0.3, -0.25) is 4.79 Å². The summed E-state index contributed by atoms with van der Waals surface area (Å²) in [5.74, 6) is 0.305. The van der Waals surface area contributed by atoms with Crippen LogP contribution in [0, 0.1) is 5.92 Å². The number of ether oxygens (including phenoxy) is 1. The van der Waals surface area contributed by atoms with Crippen molar-refractivity contribution in [3.8, 4) is 5.75 Å². The molecule has 0 atom stereocenters. The Labute approximate surface area is 187 Å². The average Bonchev–Trinajstić information content (AvgIpc) is 2.74. The van der Waals surface area contributed by atoms with E-state index < -0.39 is 10.0 Å². The Morgan fingerprint density at radius 3 is 2.47 bits per heavy atom. The van der Waals surface area contributed by atoms with Crippen LogP contribution in [-0.4, -0.2) is 44.9 Å². The molecule has 1 N–H and O–H groups in total. The lowest BCUT2D eigenvalue weighted by Gasteiger charge is -2.30. The molecule has 1 amide bonds. The number of benzene rings is 2. The van der Waals surface area contributed by atoms with Crippen molar-refractivity contribution in [3.63, 3.8) is 0 Å². The van der Waals surface area contributed by atoms with E-state index in [1.807, 2.05) is 30.3 Å². The molecule has 9 heteroatoms. The quantitative estimate of drug-likeness (QED) is 0.596. The molecule has 1 saturated heterocycles. The van der Waals surface area contributed by atoms with E-state index in [1.54, 1.807) is 12.1 Å². The first-order chi connectivity index (χ1) is 14.3. The number of nitrogens with zero attached hydrogens (tertiary/aromatic N) is 1. The Balaban J connectivity index is 1.43. The van der Waals surface area contributed by atoms with Crippen molar-refractivity contribution in [2.24, 2.45) is 5.92 Å². The molecule has 0 bridgehead atoms. The van der Waals surface area contributed by atoms with Gasteiger partial charge >= 0.3 is 0 Å². The second-order valence-corrected chi connectivity index (χ2v) is 9.93. The first kappa shape index (κ1) is 22.9. The molecule has 2 aromatic carbocycles. The van der Waals surface area contributed by atoms with E-state index in [-0.39, 0.29) is 17.6 Å². The van der Waals surface area contributed by atoms with Crippen molar-refractivity contribution in [1.29, 1.82) is 0 Å². The highest BCUT2D eigenvalue weighted by Crippen LogP contribution is 2.26. The Morgan fingerprint density at radius 2 is 1.80 bits per heavy atom. The summed E-state index contributed by atoms with van der Waals surface area (Å²) in [6, 6.07) is 14.2. The molecule has 2 aromatic rings. The number of hydrogen-bond acceptors (Lipinski definition) is 4. The normalized spacial score (nSPS) is 15.7. The van der Waals surface area contributed by atoms with Crippen LogP contribution in [0.4, 0.5) is 0 Å². The molecule has 1 fully saturated rings. The molecule has 1 aliphatic rings. The standard InChI is InChI=1S/C21H24Cl2N2O4S/c22-18-7-6-17(20(23)14-18)15-30(27,28)25-11-8-16(9-12-25)21(26)24-10-13-29-19-4-2-1-3-5-19/h1-7,14,16H,8-13,15H2,(H,24,26). The summed E-state index contributed by atoms with van der Waals surface area (Å²) in [6.45, 7) is 1.41. The maximum Gasteiger partial charge on any atom is 0.223 e. The highest BCUT2D eigenvalue weighted by Gasteiger charge is 2.31. The molecule has 6 nitrogen and oxygen atoms in total. The number of carbonyl (C=O) groups excluding carboxylic acids is 1. The first-order valence-corrected chi connectivity index (χ1v) is 12.1. The lowest BCUT2D eigenvalue weighted by molar-refractivity contribution is -0.126. The van der Waals surface area contributed by atoms with Crippen molar-refractivity contribution >= 4 is 39.1 Å². The largest absolute Gasteiger partial charge is 0.492 e. The SMILES string of the molecule is O=C(NCCOc1ccccc1)C1CCN(S(=O)(=O)Cc2ccc(Cl)cc2Cl)CC1. The lowest BCUT2D eigenvalue weighted by Crippen LogP contribution is -2.44. The minimum absolute atomic E-state index is 0.0653. The van der Waals surface area contributed by atoms with Crippen LogP contribution in [0.5, 0.6) is 5.75 Å². The number of carbonyl (C=O) groups is 1. The van der Waals surface area contributed by atoms with Crippen LogP contribution in [0.25, 0.3) is 0 Å². The van der Waals surface area contributed by atoms with Gasteiger partial charge in [-0.25, -0.2) is 12.7 Å². The molecule has 0 aromatic heterocycles. The summed E-state index contributed by atoms with van der Waals surface area (Å²) in [5.41, 5.74) is 0.513. The van der Waals surface area contributed by atoms with Gasteiger partial charge < -0.3 is 10.1 Å². The Morgan fingerprint density at radius 1 is 1.10 bits per heavy atom. The van der Waals surface area contributed by atoms with Crippen molar-refractivity contribution in [2.75, 3.05) is 26.2 Å². The average molecular weight is 471 g/mol. The first-order valence-electron chi connectivity index (χ1n) is 9.72. The van der Waals surface area contributed by atoms with Gasteiger partial charge in [-0.1, -0.05) is 47.5 Å². The van der Waals surface area contributed by atoms with Gasteiger partial charge in [-0.15, -0.1) is 0 Å². The van der Waals surface area contributed by atoms with Gasteiger partial charge in [0.15, 0.2) is 0 Å². The van der Waals surface area contributed by atoms with Gasteiger partial charge in [-0.05, 0) is 42.7 Å². The van der Waals surface area contributed by atoms with Crippen molar-refractivity contribution in [1.82, 2.24) is 9.62 Å². The zero-order chi connectivity index (χ0) is 21.6. The van der Waals surface area contributed by atoms with E-state index in [9.17, 15) is 13.2 Å². The van der Waals surface area contributed by atoms with Crippen molar-refractivity contribution < 1.29 is 17.9 Å². The van der Waals surface area contributed by atoms with Gasteiger partial charge in [0.1, 0.15) is 12.4 Å². The number of halogens is 2. The molecule has 0 aliphatic carbocycles. The maximum absolute atomic E-state index is 12.7. The van der Waals surface area contributed by atoms with Crippen LogP contribution in [0.15, 0.2) is 48.5 Å². The molecule has 0 saturated carbocycles. The van der Waals surface area contributed by atoms with Crippen molar-refractivity contribution in [3.05, 3.63) is 64.1 Å². The fourth-order valence-electron chi connectivity index (χ4n) is 3.33. The summed E-state index contributed by atoms with van der Waals surface area (Å²) in [7, 11) is -3.52. The molecule has 162 valence electrons. The third kappa shape index (κ3) is 6.35. The Kier molecular flexibility index (Phi) is 7.99. The molecule has 0 spiro atoms. The smallest absolute Gasteiger partial charge is 0.223 e. The molecule has 3 rings (SSSR count). The van der Waals surface area contributed by atoms with E-state index in [1.165, 1.54) is 10.4 Å². The fraction of sp³-hybridized carbons (Fsp3) is 0.381. The van der Waals surface area contributed by atoms with Gasteiger partial charge in [0.05, 0.1) is 12.3 Å². The number of amides is 1. The van der Waals surface area contributed by atoms with E-state index in [0.29, 0.717) is 54.7 Å². The van der Waals surface area contributed by atoms with E-state index in [4.69, 9.17) is 27.9 Å². The predicted octanol–water partition coefficient (Wildman–Crippen LogP) is 3.73. The summed E-state index contributed by atoms with van der Waals surface area (Å²) < 4.78 is 32.5. The molecular formula is C21H24Cl2N2O4S. The second-order valence-electron chi connectivity index (χ2n) is 7.12. The van der Waals surface area contributed by atoms with Crippen LogP contribution in [0.2, 0.25) is 10.0 Å². The highest BCUT2D eigenvalue weighted by atomic mass is 35.5. The van der Waals surface area contributed by atoms with Crippen LogP contribution in [0.3, 0.4) is 0 Å². The molecule has 1 heterocycles. The van der Waals surface area contributed by atoms with E-state index in [0.717, 1.165) is 5.75 Å². The lowest BCUT2D eigenvalue weighted by atomic mass is 9.97. The zero-order valence-electron chi connectivity index (χ0n) is 16.4. The van der Waals surface area contributed by atoms with Crippen molar-refractivity contribution in [2.45, 2.75) is 18.6 Å². The van der Waals surface area contributed by atoms with Crippen LogP contribution in [0.1, 0.15) is 18.4 Å². The summed E-state index contributed by atoms with van der Waals surface area (Å²) in [6.07, 6.45) is 0.970. The van der Waals surface area contributed by atoms with Gasteiger partial charge in [-0.2, -0.15) is 0 Å². The third-order valence-corrected chi connectivity index (χ3v) is 7.40. The highest BCUT2D eigenvalue weighted by molar-refractivity contribution is 7.88. The topological polar surface area (TPSA) is 75.7 Å². The summed E-state index contributed by atoms with van der Waals surface area (Å²) in [4.78, 5) is 12.4. The van der Waals surface area contributed by atoms with Gasteiger partial charge in [0.25, 0.3) is 0 Å². The molecule has 30 heavy (non-hydrogen) atoms. The number of para-hydroxylation sites is 1. The second kappa shape index (κ2) is 10.5. The van der Waals surface area contributed by atoms with Gasteiger partial charge in [0.2, 0.25) is 15.9 Å². The number of rotatable bonds is 8. The Hall–Kier alpha value is -1.80. The molecule has 0 unspecified atom stereocenters. The van der Waals surface area contributed by atoms with E-state index >= 15 is 0 Å². The summed E-state index contributed by atoms with van der Waals surface area (Å²) in [5, 5.41) is 3.66. The predicted molar refractivity (Wildman–Crippen MR) is 118 cm³/mol. The monoisotopic (exact) mass is 470 g/mol. The molecular weight excluding hydrogens is 447 g/mol. The van der Waals surface area contributed by atoms with Crippen LogP contribution >= 0.6 is 23.2 Å². The number of piperidine rings is 1. The zero-order valence-corrected chi connectivity index (χ0v) is 18.7. The van der Waals surface area contributed by atoms with Crippen LogP contribution in [-0.2, 0) is 20.6 Å². The number of nitrogens with one attached hydrogen (secondary N) is 1. The third-order valence-electron chi connectivity index (χ3n) is 4.98. The minimum atomic E-state index is -3.52. The molecule has 0 radical (unpaired) electrons.